The van der Waals surface area contributed by atoms with Crippen molar-refractivity contribution in [3.8, 4) is 11.5 Å². The fourth-order valence-corrected chi connectivity index (χ4v) is 3.39. The van der Waals surface area contributed by atoms with Gasteiger partial charge in [0, 0.05) is 12.1 Å². The molecule has 3 atom stereocenters. The molecular formula is C17H22F3NO2. The maximum atomic E-state index is 12.9. The maximum absolute atomic E-state index is 12.9. The van der Waals surface area contributed by atoms with Gasteiger partial charge in [0.1, 0.15) is 6.10 Å². The quantitative estimate of drug-likeness (QED) is 0.880. The molecule has 0 saturated carbocycles. The van der Waals surface area contributed by atoms with Gasteiger partial charge in [-0.15, -0.1) is 0 Å². The van der Waals surface area contributed by atoms with Gasteiger partial charge >= 0.3 is 6.18 Å². The van der Waals surface area contributed by atoms with Crippen LogP contribution in [0.3, 0.4) is 0 Å². The first-order chi connectivity index (χ1) is 11.0. The molecule has 0 radical (unpaired) electrons. The number of benzene rings is 1. The second-order valence-corrected chi connectivity index (χ2v) is 6.36. The van der Waals surface area contributed by atoms with Gasteiger partial charge in [0.2, 0.25) is 0 Å². The fraction of sp³-hybridized carbons (Fsp3) is 0.647. The Labute approximate surface area is 134 Å². The zero-order valence-electron chi connectivity index (χ0n) is 13.2. The van der Waals surface area contributed by atoms with Crippen molar-refractivity contribution in [2.45, 2.75) is 63.4 Å². The van der Waals surface area contributed by atoms with Crippen LogP contribution in [0.2, 0.25) is 0 Å². The van der Waals surface area contributed by atoms with Crippen LogP contribution < -0.4 is 14.8 Å². The van der Waals surface area contributed by atoms with Crippen molar-refractivity contribution >= 4 is 0 Å². The Hall–Kier alpha value is -1.43. The van der Waals surface area contributed by atoms with Crippen LogP contribution in [-0.2, 0) is 6.18 Å². The van der Waals surface area contributed by atoms with Crippen LogP contribution >= 0.6 is 0 Å². The summed E-state index contributed by atoms with van der Waals surface area (Å²) in [6.45, 7) is 2.29. The van der Waals surface area contributed by atoms with E-state index in [2.05, 4.69) is 5.32 Å². The predicted octanol–water partition coefficient (Wildman–Crippen LogP) is 4.16. The molecule has 128 valence electrons. The highest BCUT2D eigenvalue weighted by Crippen LogP contribution is 2.38. The van der Waals surface area contributed by atoms with Crippen LogP contribution in [0.4, 0.5) is 13.2 Å². The van der Waals surface area contributed by atoms with E-state index in [1.807, 2.05) is 6.92 Å². The van der Waals surface area contributed by atoms with Crippen molar-refractivity contribution in [2.75, 3.05) is 6.61 Å². The number of halogens is 3. The highest BCUT2D eigenvalue weighted by atomic mass is 19.4. The van der Waals surface area contributed by atoms with Crippen LogP contribution in [0, 0.1) is 0 Å². The molecule has 2 bridgehead atoms. The minimum atomic E-state index is -4.38. The van der Waals surface area contributed by atoms with Crippen molar-refractivity contribution in [3.05, 3.63) is 23.8 Å². The van der Waals surface area contributed by atoms with Gasteiger partial charge in [-0.05, 0) is 50.3 Å². The molecule has 2 aliphatic rings. The van der Waals surface area contributed by atoms with Gasteiger partial charge in [-0.3, -0.25) is 0 Å². The largest absolute Gasteiger partial charge is 0.490 e. The van der Waals surface area contributed by atoms with E-state index in [1.165, 1.54) is 6.07 Å². The standard InChI is InChI=1S/C17H22F3NO2/c1-2-7-22-16-8-11(17(18,19)20)3-6-15(16)23-14-9-12-4-5-13(10-14)21-12/h3,6,8,12-14,21H,2,4-5,7,9-10H2,1H3/t12-,13+,14?. The predicted molar refractivity (Wildman–Crippen MR) is 80.8 cm³/mol. The summed E-state index contributed by atoms with van der Waals surface area (Å²) in [6, 6.07) is 4.42. The Kier molecular flexibility index (Phi) is 4.71. The van der Waals surface area contributed by atoms with E-state index in [9.17, 15) is 13.2 Å². The fourth-order valence-electron chi connectivity index (χ4n) is 3.39. The third-order valence-electron chi connectivity index (χ3n) is 4.46. The first-order valence-electron chi connectivity index (χ1n) is 8.22. The molecule has 1 N–H and O–H groups in total. The monoisotopic (exact) mass is 329 g/mol. The second-order valence-electron chi connectivity index (χ2n) is 6.36. The molecular weight excluding hydrogens is 307 g/mol. The van der Waals surface area contributed by atoms with E-state index in [4.69, 9.17) is 9.47 Å². The highest BCUT2D eigenvalue weighted by Gasteiger charge is 2.35. The molecule has 0 aliphatic carbocycles. The molecule has 3 nitrogen and oxygen atoms in total. The normalized spacial score (nSPS) is 27.0. The molecule has 1 unspecified atom stereocenters. The Morgan fingerprint density at radius 1 is 1.13 bits per heavy atom. The van der Waals surface area contributed by atoms with Crippen molar-refractivity contribution < 1.29 is 22.6 Å². The summed E-state index contributed by atoms with van der Waals surface area (Å²) in [5.41, 5.74) is -0.707. The molecule has 6 heteroatoms. The summed E-state index contributed by atoms with van der Waals surface area (Å²) in [7, 11) is 0. The van der Waals surface area contributed by atoms with Gasteiger partial charge in [0.25, 0.3) is 0 Å². The second kappa shape index (κ2) is 6.59. The molecule has 1 aromatic carbocycles. The zero-order valence-corrected chi connectivity index (χ0v) is 13.2. The first kappa shape index (κ1) is 16.4. The summed E-state index contributed by atoms with van der Waals surface area (Å²) in [5.74, 6) is 0.602. The van der Waals surface area contributed by atoms with Gasteiger partial charge in [-0.2, -0.15) is 13.2 Å². The number of hydrogen-bond acceptors (Lipinski definition) is 3. The zero-order chi connectivity index (χ0) is 16.4. The van der Waals surface area contributed by atoms with E-state index in [-0.39, 0.29) is 11.9 Å². The van der Waals surface area contributed by atoms with Crippen molar-refractivity contribution in [1.29, 1.82) is 0 Å². The van der Waals surface area contributed by atoms with Crippen molar-refractivity contribution in [1.82, 2.24) is 5.32 Å². The number of hydrogen-bond donors (Lipinski definition) is 1. The van der Waals surface area contributed by atoms with Crippen LogP contribution in [0.1, 0.15) is 44.6 Å². The first-order valence-corrected chi connectivity index (χ1v) is 8.22. The number of alkyl halides is 3. The number of fused-ring (bicyclic) bond motifs is 2. The van der Waals surface area contributed by atoms with Crippen molar-refractivity contribution in [2.24, 2.45) is 0 Å². The highest BCUT2D eigenvalue weighted by molar-refractivity contribution is 5.44. The molecule has 0 aromatic heterocycles. The summed E-state index contributed by atoms with van der Waals surface area (Å²) < 4.78 is 50.2. The van der Waals surface area contributed by atoms with Crippen molar-refractivity contribution in [3.63, 3.8) is 0 Å². The molecule has 2 fully saturated rings. The van der Waals surface area contributed by atoms with E-state index in [1.54, 1.807) is 0 Å². The van der Waals surface area contributed by atoms with E-state index in [0.717, 1.165) is 44.2 Å². The van der Waals surface area contributed by atoms with E-state index >= 15 is 0 Å². The average Bonchev–Trinajstić information content (AvgIpc) is 2.84. The summed E-state index contributed by atoms with van der Waals surface area (Å²) in [6.07, 6.45) is 0.474. The maximum Gasteiger partial charge on any atom is 0.416 e. The molecule has 2 heterocycles. The molecule has 1 aromatic rings. The minimum Gasteiger partial charge on any atom is -0.490 e. The molecule has 2 aliphatic heterocycles. The Bertz CT molecular complexity index is 535. The number of nitrogens with one attached hydrogen (secondary N) is 1. The summed E-state index contributed by atoms with van der Waals surface area (Å²) in [5, 5.41) is 3.52. The van der Waals surface area contributed by atoms with Gasteiger partial charge in [-0.1, -0.05) is 6.92 Å². The van der Waals surface area contributed by atoms with Crippen LogP contribution in [0.5, 0.6) is 11.5 Å². The Morgan fingerprint density at radius 3 is 2.43 bits per heavy atom. The van der Waals surface area contributed by atoms with Crippen LogP contribution in [0.15, 0.2) is 18.2 Å². The smallest absolute Gasteiger partial charge is 0.416 e. The minimum absolute atomic E-state index is 0.0365. The van der Waals surface area contributed by atoms with Gasteiger partial charge in [0.05, 0.1) is 12.2 Å². The number of piperidine rings is 1. The van der Waals surface area contributed by atoms with Gasteiger partial charge < -0.3 is 14.8 Å². The van der Waals surface area contributed by atoms with E-state index < -0.39 is 11.7 Å². The van der Waals surface area contributed by atoms with Crippen LogP contribution in [-0.4, -0.2) is 24.8 Å². The van der Waals surface area contributed by atoms with Gasteiger partial charge in [0.15, 0.2) is 11.5 Å². The molecule has 3 rings (SSSR count). The molecule has 0 amide bonds. The SMILES string of the molecule is CCCOc1cc(C(F)(F)F)ccc1OC1C[C@H]2CC[C@@H](C1)N2. The lowest BCUT2D eigenvalue weighted by molar-refractivity contribution is -0.137. The number of ether oxygens (including phenoxy) is 2. The lowest BCUT2D eigenvalue weighted by atomic mass is 10.0. The Morgan fingerprint density at radius 2 is 1.83 bits per heavy atom. The summed E-state index contributed by atoms with van der Waals surface area (Å²) >= 11 is 0. The number of rotatable bonds is 5. The lowest BCUT2D eigenvalue weighted by Gasteiger charge is -2.30. The topological polar surface area (TPSA) is 30.5 Å². The molecule has 0 spiro atoms. The third kappa shape index (κ3) is 3.91. The van der Waals surface area contributed by atoms with Crippen LogP contribution in [0.25, 0.3) is 0 Å². The summed E-state index contributed by atoms with van der Waals surface area (Å²) in [4.78, 5) is 0. The lowest BCUT2D eigenvalue weighted by Crippen LogP contribution is -2.42. The third-order valence-corrected chi connectivity index (χ3v) is 4.46. The molecule has 2 saturated heterocycles. The van der Waals surface area contributed by atoms with E-state index in [0.29, 0.717) is 24.4 Å². The van der Waals surface area contributed by atoms with Gasteiger partial charge in [-0.25, -0.2) is 0 Å². The average molecular weight is 329 g/mol. The molecule has 23 heavy (non-hydrogen) atoms. The Balaban J connectivity index is 1.77.